The van der Waals surface area contributed by atoms with Crippen molar-refractivity contribution < 1.29 is 14.3 Å². The summed E-state index contributed by atoms with van der Waals surface area (Å²) >= 11 is 3.51. The number of hydrogen-bond acceptors (Lipinski definition) is 4. The molecule has 0 bridgehead atoms. The maximum Gasteiger partial charge on any atom is 0.309 e. The molecule has 2 aromatic rings. The molecule has 1 amide bonds. The van der Waals surface area contributed by atoms with E-state index in [1.165, 1.54) is 0 Å². The molecule has 0 unspecified atom stereocenters. The largest absolute Gasteiger partial charge is 0.466 e. The zero-order valence-corrected chi connectivity index (χ0v) is 17.0. The molecule has 140 valence electrons. The fraction of sp³-hybridized carbons (Fsp3) is 0.526. The molecule has 3 rings (SSSR count). The van der Waals surface area contributed by atoms with E-state index in [1.54, 1.807) is 0 Å². The van der Waals surface area contributed by atoms with Gasteiger partial charge in [0.2, 0.25) is 0 Å². The molecular weight excluding hydrogens is 398 g/mol. The maximum atomic E-state index is 13.2. The van der Waals surface area contributed by atoms with Crippen molar-refractivity contribution in [3.63, 3.8) is 0 Å². The highest BCUT2D eigenvalue weighted by Crippen LogP contribution is 2.25. The molecule has 0 aromatic carbocycles. The van der Waals surface area contributed by atoms with Gasteiger partial charge in [-0.2, -0.15) is 0 Å². The smallest absolute Gasteiger partial charge is 0.309 e. The van der Waals surface area contributed by atoms with Gasteiger partial charge in [0.1, 0.15) is 11.3 Å². The molecule has 0 radical (unpaired) electrons. The van der Waals surface area contributed by atoms with Crippen LogP contribution in [0.25, 0.3) is 5.65 Å². The van der Waals surface area contributed by atoms with Crippen molar-refractivity contribution in [3.05, 3.63) is 33.7 Å². The van der Waals surface area contributed by atoms with Crippen molar-refractivity contribution in [3.8, 4) is 0 Å². The lowest BCUT2D eigenvalue weighted by molar-refractivity contribution is -0.149. The Labute approximate surface area is 161 Å². The normalized spacial score (nSPS) is 15.5. The van der Waals surface area contributed by atoms with Crippen LogP contribution in [-0.2, 0) is 16.0 Å². The average Bonchev–Trinajstić information content (AvgIpc) is 3.00. The third-order valence-electron chi connectivity index (χ3n) is 4.88. The lowest BCUT2D eigenvalue weighted by atomic mass is 9.96. The fourth-order valence-corrected chi connectivity index (χ4v) is 4.06. The van der Waals surface area contributed by atoms with Crippen LogP contribution in [0.3, 0.4) is 0 Å². The minimum atomic E-state index is -0.150. The second-order valence-corrected chi connectivity index (χ2v) is 7.53. The fourth-order valence-electron chi connectivity index (χ4n) is 3.52. The summed E-state index contributed by atoms with van der Waals surface area (Å²) in [4.78, 5) is 31.6. The van der Waals surface area contributed by atoms with Gasteiger partial charge in [0.15, 0.2) is 0 Å². The molecule has 0 saturated carbocycles. The Hall–Kier alpha value is -1.89. The highest BCUT2D eigenvalue weighted by Gasteiger charge is 2.31. The SMILES string of the molecule is CCOC(=O)C1CCN(C(=O)c2c(CC)nc3c(C)cc(Br)cn23)CC1. The number of halogens is 1. The highest BCUT2D eigenvalue weighted by molar-refractivity contribution is 9.10. The number of imidazole rings is 1. The van der Waals surface area contributed by atoms with Crippen LogP contribution >= 0.6 is 15.9 Å². The van der Waals surface area contributed by atoms with Crippen molar-refractivity contribution in [2.45, 2.75) is 40.0 Å². The Morgan fingerprint density at radius 3 is 2.62 bits per heavy atom. The summed E-state index contributed by atoms with van der Waals surface area (Å²) in [6, 6.07) is 2.00. The van der Waals surface area contributed by atoms with Gasteiger partial charge < -0.3 is 9.64 Å². The van der Waals surface area contributed by atoms with Gasteiger partial charge in [0, 0.05) is 23.8 Å². The summed E-state index contributed by atoms with van der Waals surface area (Å²) in [5, 5.41) is 0. The minimum absolute atomic E-state index is 0.0193. The van der Waals surface area contributed by atoms with E-state index in [2.05, 4.69) is 20.9 Å². The van der Waals surface area contributed by atoms with Crippen molar-refractivity contribution in [2.75, 3.05) is 19.7 Å². The topological polar surface area (TPSA) is 63.9 Å². The molecule has 1 fully saturated rings. The number of aromatic nitrogens is 2. The molecule has 0 N–H and O–H groups in total. The van der Waals surface area contributed by atoms with Gasteiger partial charge in [0.05, 0.1) is 18.2 Å². The molecular formula is C19H24BrN3O3. The number of piperidine rings is 1. The first-order valence-electron chi connectivity index (χ1n) is 9.09. The number of aryl methyl sites for hydroxylation is 2. The van der Waals surface area contributed by atoms with Crippen LogP contribution < -0.4 is 0 Å². The van der Waals surface area contributed by atoms with E-state index < -0.39 is 0 Å². The molecule has 1 aliphatic heterocycles. The van der Waals surface area contributed by atoms with Crippen LogP contribution in [0.15, 0.2) is 16.7 Å². The molecule has 0 atom stereocenters. The van der Waals surface area contributed by atoms with E-state index >= 15 is 0 Å². The van der Waals surface area contributed by atoms with Crippen LogP contribution in [0.1, 0.15) is 48.4 Å². The third kappa shape index (κ3) is 3.49. The summed E-state index contributed by atoms with van der Waals surface area (Å²) in [5.41, 5.74) is 3.27. The quantitative estimate of drug-likeness (QED) is 0.709. The predicted octanol–water partition coefficient (Wildman–Crippen LogP) is 3.38. The van der Waals surface area contributed by atoms with Crippen molar-refractivity contribution >= 4 is 33.5 Å². The molecule has 1 saturated heterocycles. The van der Waals surface area contributed by atoms with Crippen molar-refractivity contribution in [2.24, 2.45) is 5.92 Å². The van der Waals surface area contributed by atoms with Gasteiger partial charge in [-0.25, -0.2) is 4.98 Å². The number of hydrogen-bond donors (Lipinski definition) is 0. The summed E-state index contributed by atoms with van der Waals surface area (Å²) in [6.45, 7) is 7.33. The zero-order chi connectivity index (χ0) is 18.8. The van der Waals surface area contributed by atoms with Crippen LogP contribution in [-0.4, -0.2) is 45.9 Å². The summed E-state index contributed by atoms with van der Waals surface area (Å²) in [7, 11) is 0. The third-order valence-corrected chi connectivity index (χ3v) is 5.32. The van der Waals surface area contributed by atoms with Crippen LogP contribution in [0.4, 0.5) is 0 Å². The van der Waals surface area contributed by atoms with Gasteiger partial charge in [-0.15, -0.1) is 0 Å². The van der Waals surface area contributed by atoms with Crippen molar-refractivity contribution in [1.82, 2.24) is 14.3 Å². The molecule has 0 aliphatic carbocycles. The number of fused-ring (bicyclic) bond motifs is 1. The van der Waals surface area contributed by atoms with Gasteiger partial charge in [-0.1, -0.05) is 6.92 Å². The lowest BCUT2D eigenvalue weighted by Gasteiger charge is -2.31. The second-order valence-electron chi connectivity index (χ2n) is 6.61. The van der Waals surface area contributed by atoms with Crippen LogP contribution in [0, 0.1) is 12.8 Å². The zero-order valence-electron chi connectivity index (χ0n) is 15.4. The number of pyridine rings is 1. The maximum absolute atomic E-state index is 13.2. The van der Waals surface area contributed by atoms with E-state index in [4.69, 9.17) is 4.74 Å². The average molecular weight is 422 g/mol. The highest BCUT2D eigenvalue weighted by atomic mass is 79.9. The van der Waals surface area contributed by atoms with Gasteiger partial charge in [-0.05, 0) is 60.7 Å². The number of carbonyl (C=O) groups excluding carboxylic acids is 2. The molecule has 6 nitrogen and oxygen atoms in total. The van der Waals surface area contributed by atoms with Crippen LogP contribution in [0.2, 0.25) is 0 Å². The first-order chi connectivity index (χ1) is 12.5. The number of rotatable bonds is 4. The predicted molar refractivity (Wildman–Crippen MR) is 102 cm³/mol. The van der Waals surface area contributed by atoms with Crippen LogP contribution in [0.5, 0.6) is 0 Å². The number of ether oxygens (including phenoxy) is 1. The molecule has 0 spiro atoms. The first-order valence-corrected chi connectivity index (χ1v) is 9.88. The Bertz CT molecular complexity index is 838. The van der Waals surface area contributed by atoms with E-state index in [0.717, 1.165) is 21.4 Å². The second kappa shape index (κ2) is 7.78. The summed E-state index contributed by atoms with van der Waals surface area (Å²) in [6.07, 6.45) is 3.88. The van der Waals surface area contributed by atoms with Gasteiger partial charge >= 0.3 is 5.97 Å². The monoisotopic (exact) mass is 421 g/mol. The Morgan fingerprint density at radius 2 is 2.00 bits per heavy atom. The number of esters is 1. The van der Waals surface area contributed by atoms with Gasteiger partial charge in [-0.3, -0.25) is 14.0 Å². The molecule has 7 heteroatoms. The Balaban J connectivity index is 1.86. The Kier molecular flexibility index (Phi) is 5.65. The van der Waals surface area contributed by atoms with E-state index in [-0.39, 0.29) is 17.8 Å². The lowest BCUT2D eigenvalue weighted by Crippen LogP contribution is -2.41. The molecule has 2 aromatic heterocycles. The number of nitrogens with zero attached hydrogens (tertiary/aromatic N) is 3. The number of likely N-dealkylation sites (tertiary alicyclic amines) is 1. The first kappa shape index (κ1) is 18.9. The van der Waals surface area contributed by atoms with Crippen molar-refractivity contribution in [1.29, 1.82) is 0 Å². The van der Waals surface area contributed by atoms with E-state index in [0.29, 0.717) is 44.7 Å². The minimum Gasteiger partial charge on any atom is -0.466 e. The molecule has 1 aliphatic rings. The van der Waals surface area contributed by atoms with E-state index in [1.807, 2.05) is 42.3 Å². The van der Waals surface area contributed by atoms with E-state index in [9.17, 15) is 9.59 Å². The summed E-state index contributed by atoms with van der Waals surface area (Å²) in [5.74, 6) is -0.277. The molecule has 26 heavy (non-hydrogen) atoms. The molecule has 3 heterocycles. The Morgan fingerprint density at radius 1 is 1.31 bits per heavy atom. The number of amides is 1. The number of carbonyl (C=O) groups is 2. The van der Waals surface area contributed by atoms with Gasteiger partial charge in [0.25, 0.3) is 5.91 Å². The standard InChI is InChI=1S/C19H24BrN3O3/c1-4-15-16(23-11-14(20)10-12(3)17(23)21-15)18(24)22-8-6-13(7-9-22)19(25)26-5-2/h10-11,13H,4-9H2,1-3H3. The summed E-state index contributed by atoms with van der Waals surface area (Å²) < 4.78 is 7.91.